The summed E-state index contributed by atoms with van der Waals surface area (Å²) in [7, 11) is 5.44. The third-order valence-electron chi connectivity index (χ3n) is 9.54. The van der Waals surface area contributed by atoms with Gasteiger partial charge in [0, 0.05) is 56.8 Å². The maximum atomic E-state index is 14.1. The molecule has 0 aliphatic carbocycles. The van der Waals surface area contributed by atoms with Gasteiger partial charge in [-0.15, -0.1) is 0 Å². The summed E-state index contributed by atoms with van der Waals surface area (Å²) in [5.74, 6) is -0.445. The molecule has 2 fully saturated rings. The molecule has 272 valence electrons. The number of nitrogens with zero attached hydrogens (tertiary/aromatic N) is 8. The number of hydrogen-bond donors (Lipinski definition) is 3. The van der Waals surface area contributed by atoms with Gasteiger partial charge in [-0.05, 0) is 75.8 Å². The second-order valence-corrected chi connectivity index (χ2v) is 13.2. The number of aryl methyl sites for hydroxylation is 1. The number of carbonyl (C=O) groups excluding carboxylic acids is 2. The van der Waals surface area contributed by atoms with Crippen molar-refractivity contribution in [2.75, 3.05) is 52.3 Å². The first-order chi connectivity index (χ1) is 25.2. The molecule has 0 unspecified atom stereocenters. The molecule has 0 radical (unpaired) electrons. The zero-order valence-corrected chi connectivity index (χ0v) is 29.5. The topological polar surface area (TPSA) is 157 Å². The molecular weight excluding hydrogens is 669 g/mol. The van der Waals surface area contributed by atoms with E-state index in [1.54, 1.807) is 40.8 Å². The van der Waals surface area contributed by atoms with Crippen molar-refractivity contribution in [1.82, 2.24) is 50.1 Å². The van der Waals surface area contributed by atoms with Crippen molar-refractivity contribution in [3.63, 3.8) is 0 Å². The highest BCUT2D eigenvalue weighted by atomic mass is 19.1. The number of pyridine rings is 2. The molecule has 5 aromatic rings. The largest absolute Gasteiger partial charge is 0.383 e. The number of aromatic nitrogens is 6. The van der Waals surface area contributed by atoms with Gasteiger partial charge in [0.25, 0.3) is 5.91 Å². The molecule has 16 heteroatoms. The van der Waals surface area contributed by atoms with Crippen molar-refractivity contribution in [3.8, 4) is 16.9 Å². The van der Waals surface area contributed by atoms with Gasteiger partial charge in [-0.2, -0.15) is 19.7 Å². The van der Waals surface area contributed by atoms with Crippen molar-refractivity contribution < 1.29 is 23.6 Å². The Bertz CT molecular complexity index is 2060. The molecule has 0 spiro atoms. The summed E-state index contributed by atoms with van der Waals surface area (Å²) in [6.07, 6.45) is 4.16. The van der Waals surface area contributed by atoms with E-state index in [1.165, 1.54) is 12.3 Å². The Balaban J connectivity index is 1.18. The van der Waals surface area contributed by atoms with Gasteiger partial charge < -0.3 is 20.3 Å². The van der Waals surface area contributed by atoms with Gasteiger partial charge in [0.15, 0.2) is 11.3 Å². The number of ether oxygens (including phenoxy) is 1. The van der Waals surface area contributed by atoms with Crippen LogP contribution in [-0.2, 0) is 16.6 Å². The van der Waals surface area contributed by atoms with Crippen LogP contribution in [0.5, 0.6) is 0 Å². The lowest BCUT2D eigenvalue weighted by atomic mass is 10.0. The molecule has 0 bridgehead atoms. The monoisotopic (exact) mass is 711 g/mol. The van der Waals surface area contributed by atoms with Crippen molar-refractivity contribution in [2.24, 2.45) is 7.05 Å². The zero-order chi connectivity index (χ0) is 36.4. The Labute approximate surface area is 300 Å². The van der Waals surface area contributed by atoms with Crippen LogP contribution in [0.3, 0.4) is 0 Å². The lowest BCUT2D eigenvalue weighted by molar-refractivity contribution is -0.154. The highest BCUT2D eigenvalue weighted by Gasteiger charge is 2.37. The smallest absolute Gasteiger partial charge is 0.320 e. The fraction of sp³-hybridized carbons (Fsp3) is 0.389. The summed E-state index contributed by atoms with van der Waals surface area (Å²) in [6.45, 7) is 4.93. The minimum atomic E-state index is -0.654. The molecule has 6 heterocycles. The van der Waals surface area contributed by atoms with E-state index >= 15 is 0 Å². The van der Waals surface area contributed by atoms with E-state index in [9.17, 15) is 14.0 Å². The van der Waals surface area contributed by atoms with Crippen molar-refractivity contribution in [1.29, 1.82) is 0 Å². The minimum absolute atomic E-state index is 0.0749. The summed E-state index contributed by atoms with van der Waals surface area (Å²) >= 11 is 0. The number of para-hydroxylation sites is 1. The van der Waals surface area contributed by atoms with Gasteiger partial charge in [0.2, 0.25) is 5.95 Å². The van der Waals surface area contributed by atoms with Gasteiger partial charge in [-0.3, -0.25) is 14.9 Å². The van der Waals surface area contributed by atoms with E-state index in [1.807, 2.05) is 43.3 Å². The van der Waals surface area contributed by atoms with E-state index in [4.69, 9.17) is 14.7 Å². The highest BCUT2D eigenvalue weighted by Crippen LogP contribution is 2.33. The van der Waals surface area contributed by atoms with E-state index in [0.717, 1.165) is 31.6 Å². The summed E-state index contributed by atoms with van der Waals surface area (Å²) in [4.78, 5) is 44.0. The van der Waals surface area contributed by atoms with Crippen LogP contribution in [-0.4, -0.2) is 110 Å². The number of likely N-dealkylation sites (tertiary alicyclic amines) is 1. The lowest BCUT2D eigenvalue weighted by Gasteiger charge is -2.29. The van der Waals surface area contributed by atoms with Crippen LogP contribution >= 0.6 is 0 Å². The van der Waals surface area contributed by atoms with Gasteiger partial charge in [-0.25, -0.2) is 24.1 Å². The van der Waals surface area contributed by atoms with Crippen LogP contribution in [0.1, 0.15) is 40.6 Å². The van der Waals surface area contributed by atoms with Crippen LogP contribution in [0, 0.1) is 12.9 Å². The van der Waals surface area contributed by atoms with E-state index < -0.39 is 24.1 Å². The second kappa shape index (κ2) is 15.1. The van der Waals surface area contributed by atoms with Crippen LogP contribution in [0.25, 0.3) is 28.0 Å². The number of urea groups is 1. The number of benzene rings is 1. The Morgan fingerprint density at radius 3 is 2.58 bits per heavy atom. The number of amides is 3. The Morgan fingerprint density at radius 1 is 1.04 bits per heavy atom. The first-order valence-electron chi connectivity index (χ1n) is 17.3. The molecule has 1 aromatic carbocycles. The number of hydroxylamine groups is 2. The second-order valence-electron chi connectivity index (χ2n) is 13.2. The van der Waals surface area contributed by atoms with Crippen LogP contribution in [0.4, 0.5) is 15.0 Å². The predicted octanol–water partition coefficient (Wildman–Crippen LogP) is 3.61. The molecule has 2 aliphatic rings. The number of halogens is 1. The Hall–Kier alpha value is -5.29. The zero-order valence-electron chi connectivity index (χ0n) is 29.5. The van der Waals surface area contributed by atoms with E-state index in [-0.39, 0.29) is 11.9 Å². The number of anilines is 1. The SMILES string of the molecule is COCCN1C[C@@H](NC(=O)Nc2c(C)c(-c3cnc4c(c3)c(C(=O)NC3CCN(C)CC3)nn4C)nn2-c2ccccc2)[C@H](c2ccnc(F)c2)O1. The summed E-state index contributed by atoms with van der Waals surface area (Å²) in [5.41, 5.74) is 4.03. The third kappa shape index (κ3) is 7.36. The fourth-order valence-corrected chi connectivity index (χ4v) is 6.77. The van der Waals surface area contributed by atoms with E-state index in [2.05, 4.69) is 43.0 Å². The molecule has 0 saturated carbocycles. The van der Waals surface area contributed by atoms with Crippen molar-refractivity contribution in [2.45, 2.75) is 38.0 Å². The summed E-state index contributed by atoms with van der Waals surface area (Å²) in [5, 5.41) is 21.0. The van der Waals surface area contributed by atoms with Crippen LogP contribution in [0.2, 0.25) is 0 Å². The highest BCUT2D eigenvalue weighted by molar-refractivity contribution is 6.05. The number of fused-ring (bicyclic) bond motifs is 1. The summed E-state index contributed by atoms with van der Waals surface area (Å²) in [6, 6.07) is 13.3. The number of hydrogen-bond acceptors (Lipinski definition) is 10. The number of carbonyl (C=O) groups is 2. The molecule has 3 N–H and O–H groups in total. The van der Waals surface area contributed by atoms with Crippen molar-refractivity contribution >= 4 is 28.8 Å². The molecule has 2 saturated heterocycles. The van der Waals surface area contributed by atoms with Gasteiger partial charge >= 0.3 is 6.03 Å². The number of rotatable bonds is 10. The first-order valence-corrected chi connectivity index (χ1v) is 17.3. The normalized spacial score (nSPS) is 18.6. The molecule has 7 rings (SSSR count). The predicted molar refractivity (Wildman–Crippen MR) is 191 cm³/mol. The maximum absolute atomic E-state index is 14.1. The lowest BCUT2D eigenvalue weighted by Crippen LogP contribution is -2.43. The fourth-order valence-electron chi connectivity index (χ4n) is 6.77. The first kappa shape index (κ1) is 35.1. The third-order valence-corrected chi connectivity index (χ3v) is 9.54. The molecule has 2 aliphatic heterocycles. The molecular formula is C36H42FN11O4. The standard InChI is InChI=1S/C36H42FN11O4/c1-22-30(24-18-27-31(43-46(3)34(27)39-20-24)35(49)40-25-11-14-45(2)15-12-25)44-48(26-8-6-5-7-9-26)33(22)42-36(50)41-28-21-47(16-17-51-4)52-32(28)23-10-13-38-29(37)19-23/h5-10,13,18-20,25,28,32H,11-12,14-17,21H2,1-4H3,(H,40,49)(H2,41,42,50)/t28-,32+/m1/s1. The average molecular weight is 712 g/mol. The molecule has 52 heavy (non-hydrogen) atoms. The minimum Gasteiger partial charge on any atom is -0.383 e. The molecule has 2 atom stereocenters. The van der Waals surface area contributed by atoms with Gasteiger partial charge in [0.1, 0.15) is 11.9 Å². The Kier molecular flexibility index (Phi) is 10.2. The van der Waals surface area contributed by atoms with Gasteiger partial charge in [0.05, 0.1) is 29.4 Å². The average Bonchev–Trinajstić information content (AvgIpc) is 3.81. The Morgan fingerprint density at radius 2 is 1.83 bits per heavy atom. The van der Waals surface area contributed by atoms with Crippen LogP contribution in [0.15, 0.2) is 60.9 Å². The molecule has 3 amide bonds. The number of methoxy groups -OCH3 is 1. The van der Waals surface area contributed by atoms with Crippen molar-refractivity contribution in [3.05, 3.63) is 83.7 Å². The number of nitrogens with one attached hydrogen (secondary N) is 3. The van der Waals surface area contributed by atoms with Gasteiger partial charge in [-0.1, -0.05) is 18.2 Å². The maximum Gasteiger partial charge on any atom is 0.320 e. The molecule has 15 nitrogen and oxygen atoms in total. The van der Waals surface area contributed by atoms with Crippen LogP contribution < -0.4 is 16.0 Å². The van der Waals surface area contributed by atoms with E-state index in [0.29, 0.717) is 64.6 Å². The molecule has 4 aromatic heterocycles. The quantitative estimate of drug-likeness (QED) is 0.183. The number of piperidine rings is 1. The summed E-state index contributed by atoms with van der Waals surface area (Å²) < 4.78 is 22.6.